The van der Waals surface area contributed by atoms with Gasteiger partial charge in [0.1, 0.15) is 13.2 Å². The first kappa shape index (κ1) is 56.1. The number of rotatable bonds is 41. The Morgan fingerprint density at radius 2 is 0.733 bits per heavy atom. The van der Waals surface area contributed by atoms with E-state index >= 15 is 0 Å². The van der Waals surface area contributed by atoms with Crippen molar-refractivity contribution in [2.75, 3.05) is 13.2 Å². The van der Waals surface area contributed by atoms with E-state index in [2.05, 4.69) is 69.4 Å². The lowest BCUT2D eigenvalue weighted by Crippen LogP contribution is -2.30. The number of hydrogen-bond acceptors (Lipinski definition) is 6. The van der Waals surface area contributed by atoms with E-state index in [1.807, 2.05) is 60.8 Å². The number of carbonyl (C=O) groups excluding carboxylic acids is 3. The highest BCUT2D eigenvalue weighted by Gasteiger charge is 2.19. The van der Waals surface area contributed by atoms with Crippen molar-refractivity contribution in [3.8, 4) is 0 Å². The minimum atomic E-state index is -0.810. The Morgan fingerprint density at radius 3 is 1.25 bits per heavy atom. The van der Waals surface area contributed by atoms with Gasteiger partial charge in [0.05, 0.1) is 0 Å². The van der Waals surface area contributed by atoms with Gasteiger partial charge in [-0.2, -0.15) is 0 Å². The first-order valence-corrected chi connectivity index (χ1v) is 24.0. The number of unbranched alkanes of at least 4 members (excludes halogenated alkanes) is 17. The fourth-order valence-electron chi connectivity index (χ4n) is 6.13. The minimum absolute atomic E-state index is 0.113. The normalized spacial score (nSPS) is 13.1. The Morgan fingerprint density at radius 1 is 0.367 bits per heavy atom. The van der Waals surface area contributed by atoms with Gasteiger partial charge in [-0.3, -0.25) is 14.4 Å². The monoisotopic (exact) mass is 831 g/mol. The quantitative estimate of drug-likeness (QED) is 0.0201. The lowest BCUT2D eigenvalue weighted by Gasteiger charge is -2.18. The third-order valence-corrected chi connectivity index (χ3v) is 9.68. The van der Waals surface area contributed by atoms with E-state index in [0.717, 1.165) is 89.9 Å². The van der Waals surface area contributed by atoms with E-state index in [-0.39, 0.29) is 31.1 Å². The first-order valence-electron chi connectivity index (χ1n) is 24.0. The Balaban J connectivity index is 4.54. The molecule has 0 rings (SSSR count). The van der Waals surface area contributed by atoms with Gasteiger partial charge in [-0.05, 0) is 70.6 Å². The van der Waals surface area contributed by atoms with Crippen LogP contribution in [0.2, 0.25) is 0 Å². The molecule has 0 aromatic rings. The zero-order chi connectivity index (χ0) is 43.7. The van der Waals surface area contributed by atoms with Gasteiger partial charge in [0.25, 0.3) is 0 Å². The molecule has 6 heteroatoms. The Bertz CT molecular complexity index is 1280. The molecule has 0 aliphatic rings. The van der Waals surface area contributed by atoms with Crippen LogP contribution in [0.25, 0.3) is 0 Å². The molecule has 1 atom stereocenters. The summed E-state index contributed by atoms with van der Waals surface area (Å²) in [6, 6.07) is 0. The molecule has 60 heavy (non-hydrogen) atoms. The SMILES string of the molecule is CC\C=C/C=C\C=C/C=C\C=C\C=C/CCCCCC(=O)OCC(COC(=O)CCCC/C=C\C/C=C\C/C=C\CC)OC(=O)CCCCCCCCCCCCCCC. The second-order valence-electron chi connectivity index (χ2n) is 15.4. The summed E-state index contributed by atoms with van der Waals surface area (Å²) in [4.78, 5) is 37.8. The number of carbonyl (C=O) groups is 3. The van der Waals surface area contributed by atoms with Crippen LogP contribution >= 0.6 is 0 Å². The van der Waals surface area contributed by atoms with Crippen molar-refractivity contribution in [3.63, 3.8) is 0 Å². The zero-order valence-corrected chi connectivity index (χ0v) is 38.4. The van der Waals surface area contributed by atoms with E-state index in [9.17, 15) is 14.4 Å². The topological polar surface area (TPSA) is 78.9 Å². The summed E-state index contributed by atoms with van der Waals surface area (Å²) in [6.07, 6.45) is 63.5. The van der Waals surface area contributed by atoms with Crippen LogP contribution in [0.15, 0.2) is 109 Å². The van der Waals surface area contributed by atoms with Crippen molar-refractivity contribution in [2.24, 2.45) is 0 Å². The molecule has 0 fully saturated rings. The minimum Gasteiger partial charge on any atom is -0.462 e. The summed E-state index contributed by atoms with van der Waals surface area (Å²) in [5.74, 6) is -1.00. The van der Waals surface area contributed by atoms with Crippen molar-refractivity contribution in [3.05, 3.63) is 109 Å². The zero-order valence-electron chi connectivity index (χ0n) is 38.4. The summed E-state index contributed by atoms with van der Waals surface area (Å²) in [7, 11) is 0. The van der Waals surface area contributed by atoms with Crippen molar-refractivity contribution in [1.82, 2.24) is 0 Å². The fourth-order valence-corrected chi connectivity index (χ4v) is 6.13. The second kappa shape index (κ2) is 47.7. The molecule has 0 aromatic heterocycles. The summed E-state index contributed by atoms with van der Waals surface area (Å²) in [5.41, 5.74) is 0. The van der Waals surface area contributed by atoms with Gasteiger partial charge < -0.3 is 14.2 Å². The maximum Gasteiger partial charge on any atom is 0.306 e. The van der Waals surface area contributed by atoms with E-state index in [1.54, 1.807) is 0 Å². The molecular formula is C54H86O6. The average Bonchev–Trinajstić information content (AvgIpc) is 3.24. The molecule has 0 bridgehead atoms. The molecule has 0 aliphatic heterocycles. The van der Waals surface area contributed by atoms with Crippen LogP contribution in [0.1, 0.15) is 194 Å². The molecule has 0 aliphatic carbocycles. The van der Waals surface area contributed by atoms with Gasteiger partial charge in [0.15, 0.2) is 6.10 Å². The van der Waals surface area contributed by atoms with Gasteiger partial charge in [-0.25, -0.2) is 0 Å². The van der Waals surface area contributed by atoms with Crippen LogP contribution in [0.4, 0.5) is 0 Å². The molecule has 6 nitrogen and oxygen atoms in total. The van der Waals surface area contributed by atoms with E-state index < -0.39 is 6.10 Å². The van der Waals surface area contributed by atoms with Gasteiger partial charge in [0.2, 0.25) is 0 Å². The highest BCUT2D eigenvalue weighted by Crippen LogP contribution is 2.14. The molecule has 1 unspecified atom stereocenters. The van der Waals surface area contributed by atoms with E-state index in [0.29, 0.717) is 19.3 Å². The van der Waals surface area contributed by atoms with Gasteiger partial charge in [0, 0.05) is 19.3 Å². The molecule has 0 heterocycles. The van der Waals surface area contributed by atoms with Crippen molar-refractivity contribution in [2.45, 2.75) is 200 Å². The summed E-state index contributed by atoms with van der Waals surface area (Å²) >= 11 is 0. The highest BCUT2D eigenvalue weighted by atomic mass is 16.6. The maximum atomic E-state index is 12.8. The molecule has 0 aromatic carbocycles. The Kier molecular flexibility index (Phi) is 44.6. The number of ether oxygens (including phenoxy) is 3. The maximum absolute atomic E-state index is 12.8. The molecule has 338 valence electrons. The predicted molar refractivity (Wildman–Crippen MR) is 256 cm³/mol. The van der Waals surface area contributed by atoms with Gasteiger partial charge in [-0.15, -0.1) is 0 Å². The smallest absolute Gasteiger partial charge is 0.306 e. The van der Waals surface area contributed by atoms with E-state index in [1.165, 1.54) is 64.2 Å². The molecule has 0 spiro atoms. The van der Waals surface area contributed by atoms with Crippen LogP contribution < -0.4 is 0 Å². The standard InChI is InChI=1S/C54H86O6/c1-4-7-10-13-16-19-22-25-26-27-28-30-32-35-38-41-44-47-53(56)59-50-51(49-58-52(55)46-43-40-37-34-31-24-21-18-15-12-9-6-3)60-54(57)48-45-42-39-36-33-29-23-20-17-14-11-8-5-2/h7,9-10,12-13,16,18-19,21-22,25-28,30-32,34,51H,4-6,8,11,14-15,17,20,23-24,29,33,35-50H2,1-3H3/b10-7-,12-9-,16-13-,21-18-,22-19-,26-25-,28-27+,32-30-,34-31-. The number of esters is 3. The van der Waals surface area contributed by atoms with Gasteiger partial charge >= 0.3 is 17.9 Å². The van der Waals surface area contributed by atoms with Crippen molar-refractivity contribution >= 4 is 17.9 Å². The van der Waals surface area contributed by atoms with Crippen LogP contribution in [-0.4, -0.2) is 37.2 Å². The Hall–Kier alpha value is -3.93. The lowest BCUT2D eigenvalue weighted by molar-refractivity contribution is -0.167. The molecule has 0 saturated carbocycles. The Labute approximate surface area is 368 Å². The van der Waals surface area contributed by atoms with Crippen molar-refractivity contribution in [1.29, 1.82) is 0 Å². The van der Waals surface area contributed by atoms with Crippen LogP contribution in [0, 0.1) is 0 Å². The molecule has 0 amide bonds. The fraction of sp³-hybridized carbons (Fsp3) is 0.611. The van der Waals surface area contributed by atoms with Crippen LogP contribution in [0.5, 0.6) is 0 Å². The molecule has 0 saturated heterocycles. The van der Waals surface area contributed by atoms with Crippen LogP contribution in [0.3, 0.4) is 0 Å². The molecule has 0 radical (unpaired) electrons. The summed E-state index contributed by atoms with van der Waals surface area (Å²) < 4.78 is 16.7. The first-order chi connectivity index (χ1) is 29.5. The second-order valence-corrected chi connectivity index (χ2v) is 15.4. The number of allylic oxidation sites excluding steroid dienone is 18. The van der Waals surface area contributed by atoms with Crippen LogP contribution in [-0.2, 0) is 28.6 Å². The van der Waals surface area contributed by atoms with E-state index in [4.69, 9.17) is 14.2 Å². The third kappa shape index (κ3) is 45.2. The van der Waals surface area contributed by atoms with Gasteiger partial charge in [-0.1, -0.05) is 214 Å². The highest BCUT2D eigenvalue weighted by molar-refractivity contribution is 5.71. The molecule has 0 N–H and O–H groups in total. The summed E-state index contributed by atoms with van der Waals surface area (Å²) in [6.45, 7) is 6.28. The third-order valence-electron chi connectivity index (χ3n) is 9.68. The average molecular weight is 831 g/mol. The molecular weight excluding hydrogens is 745 g/mol. The predicted octanol–water partition coefficient (Wildman–Crippen LogP) is 15.6. The largest absolute Gasteiger partial charge is 0.462 e. The van der Waals surface area contributed by atoms with Crippen molar-refractivity contribution < 1.29 is 28.6 Å². The lowest BCUT2D eigenvalue weighted by atomic mass is 10.0. The summed E-state index contributed by atoms with van der Waals surface area (Å²) in [5, 5.41) is 0. The number of hydrogen-bond donors (Lipinski definition) is 0.